The first kappa shape index (κ1) is 32.4. The van der Waals surface area contributed by atoms with Gasteiger partial charge < -0.3 is 10.2 Å². The number of amides is 2. The van der Waals surface area contributed by atoms with Crippen molar-refractivity contribution in [2.24, 2.45) is 0 Å². The van der Waals surface area contributed by atoms with Gasteiger partial charge in [-0.25, -0.2) is 8.42 Å². The van der Waals surface area contributed by atoms with Crippen LogP contribution in [0.15, 0.2) is 119 Å². The van der Waals surface area contributed by atoms with Crippen molar-refractivity contribution in [3.8, 4) is 0 Å². The molecule has 44 heavy (non-hydrogen) atoms. The zero-order valence-corrected chi connectivity index (χ0v) is 26.3. The van der Waals surface area contributed by atoms with E-state index >= 15 is 0 Å². The third-order valence-corrected chi connectivity index (χ3v) is 9.16. The van der Waals surface area contributed by atoms with Crippen LogP contribution >= 0.6 is 15.9 Å². The van der Waals surface area contributed by atoms with Crippen LogP contribution in [0.2, 0.25) is 0 Å². The van der Waals surface area contributed by atoms with Crippen molar-refractivity contribution >= 4 is 49.1 Å². The monoisotopic (exact) mass is 678 g/mol. The van der Waals surface area contributed by atoms with E-state index in [4.69, 9.17) is 0 Å². The van der Waals surface area contributed by atoms with Gasteiger partial charge in [-0.15, -0.1) is 0 Å². The number of carbonyl (C=O) groups is 2. The Morgan fingerprint density at radius 2 is 1.45 bits per heavy atom. The summed E-state index contributed by atoms with van der Waals surface area (Å²) in [7, 11) is -4.30. The van der Waals surface area contributed by atoms with E-state index in [1.54, 1.807) is 25.1 Å². The van der Waals surface area contributed by atoms with Gasteiger partial charge >= 0.3 is 0 Å². The lowest BCUT2D eigenvalue weighted by atomic mass is 10.0. The third-order valence-electron chi connectivity index (χ3n) is 6.85. The van der Waals surface area contributed by atoms with Crippen LogP contribution in [0.4, 0.5) is 11.4 Å². The fourth-order valence-electron chi connectivity index (χ4n) is 4.62. The van der Waals surface area contributed by atoms with Crippen molar-refractivity contribution in [2.75, 3.05) is 17.4 Å². The topological polar surface area (TPSA) is 130 Å². The minimum Gasteiger partial charge on any atom is -0.355 e. The first-order chi connectivity index (χ1) is 21.1. The molecule has 4 rings (SSSR count). The van der Waals surface area contributed by atoms with Gasteiger partial charge in [0.1, 0.15) is 12.6 Å². The summed E-state index contributed by atoms with van der Waals surface area (Å²) in [5, 5.41) is 14.1. The molecule has 0 saturated heterocycles. The molecule has 10 nitrogen and oxygen atoms in total. The maximum absolute atomic E-state index is 14.3. The van der Waals surface area contributed by atoms with Crippen LogP contribution < -0.4 is 9.62 Å². The Morgan fingerprint density at radius 1 is 0.864 bits per heavy atom. The van der Waals surface area contributed by atoms with Gasteiger partial charge in [0.15, 0.2) is 0 Å². The normalized spacial score (nSPS) is 11.8. The van der Waals surface area contributed by atoms with E-state index in [2.05, 4.69) is 21.2 Å². The van der Waals surface area contributed by atoms with Crippen LogP contribution in [0.25, 0.3) is 0 Å². The van der Waals surface area contributed by atoms with Crippen molar-refractivity contribution in [2.45, 2.75) is 30.8 Å². The van der Waals surface area contributed by atoms with E-state index in [9.17, 15) is 28.1 Å². The lowest BCUT2D eigenvalue weighted by Crippen LogP contribution is -2.53. The Hall–Kier alpha value is -4.55. The number of nitro groups is 1. The predicted octanol–water partition coefficient (Wildman–Crippen LogP) is 5.33. The Bertz CT molecular complexity index is 1690. The second-order valence-electron chi connectivity index (χ2n) is 9.85. The number of sulfonamides is 1. The number of rotatable bonds is 13. The molecule has 0 aliphatic heterocycles. The average molecular weight is 680 g/mol. The molecule has 0 unspecified atom stereocenters. The van der Waals surface area contributed by atoms with Gasteiger partial charge in [0, 0.05) is 36.1 Å². The van der Waals surface area contributed by atoms with E-state index < -0.39 is 33.4 Å². The minimum absolute atomic E-state index is 0.0280. The number of hydrogen-bond acceptors (Lipinski definition) is 6. The average Bonchev–Trinajstić information content (AvgIpc) is 3.03. The van der Waals surface area contributed by atoms with Crippen LogP contribution in [-0.4, -0.2) is 49.2 Å². The number of anilines is 1. The van der Waals surface area contributed by atoms with E-state index in [0.717, 1.165) is 19.9 Å². The minimum atomic E-state index is -4.30. The van der Waals surface area contributed by atoms with Crippen LogP contribution in [0.5, 0.6) is 0 Å². The summed E-state index contributed by atoms with van der Waals surface area (Å²) in [6.45, 7) is 1.49. The number of hydrogen-bond donors (Lipinski definition) is 1. The Kier molecular flexibility index (Phi) is 10.9. The molecule has 2 amide bonds. The molecule has 0 bridgehead atoms. The molecular formula is C32H31BrN4O6S. The van der Waals surface area contributed by atoms with E-state index in [-0.39, 0.29) is 35.1 Å². The number of nitrogens with zero attached hydrogens (tertiary/aromatic N) is 3. The highest BCUT2D eigenvalue weighted by Crippen LogP contribution is 2.27. The van der Waals surface area contributed by atoms with Gasteiger partial charge in [-0.05, 0) is 54.4 Å². The van der Waals surface area contributed by atoms with Crippen molar-refractivity contribution in [1.82, 2.24) is 10.2 Å². The number of non-ortho nitro benzene ring substituents is 1. The summed E-state index contributed by atoms with van der Waals surface area (Å²) >= 11 is 3.41. The molecule has 0 fully saturated rings. The maximum Gasteiger partial charge on any atom is 0.269 e. The number of nitro benzene ring substituents is 1. The van der Waals surface area contributed by atoms with Gasteiger partial charge in [-0.3, -0.25) is 24.0 Å². The van der Waals surface area contributed by atoms with E-state index in [0.29, 0.717) is 6.54 Å². The molecule has 4 aromatic rings. The smallest absolute Gasteiger partial charge is 0.269 e. The van der Waals surface area contributed by atoms with Gasteiger partial charge in [0.25, 0.3) is 15.7 Å². The number of likely N-dealkylation sites (N-methyl/N-ethyl adjacent to an activating group) is 1. The predicted molar refractivity (Wildman–Crippen MR) is 171 cm³/mol. The highest BCUT2D eigenvalue weighted by Gasteiger charge is 2.34. The molecule has 0 saturated carbocycles. The zero-order chi connectivity index (χ0) is 31.7. The van der Waals surface area contributed by atoms with Crippen LogP contribution in [0, 0.1) is 10.1 Å². The summed E-state index contributed by atoms with van der Waals surface area (Å²) in [5.41, 5.74) is 1.39. The molecule has 1 atom stereocenters. The molecule has 0 spiro atoms. The first-order valence-corrected chi connectivity index (χ1v) is 16.0. The molecule has 4 aromatic carbocycles. The third kappa shape index (κ3) is 8.08. The Labute approximate surface area is 264 Å². The van der Waals surface area contributed by atoms with Crippen molar-refractivity contribution in [1.29, 1.82) is 0 Å². The summed E-state index contributed by atoms with van der Waals surface area (Å²) in [6.07, 6.45) is 0.192. The number of nitrogens with one attached hydrogen (secondary N) is 1. The van der Waals surface area contributed by atoms with Crippen molar-refractivity contribution < 1.29 is 22.9 Å². The quantitative estimate of drug-likeness (QED) is 0.150. The molecule has 0 heterocycles. The van der Waals surface area contributed by atoms with Crippen LogP contribution in [-0.2, 0) is 32.6 Å². The summed E-state index contributed by atoms with van der Waals surface area (Å²) < 4.78 is 29.6. The number of halogens is 1. The standard InChI is InChI=1S/C32H31BrN4O6S/c1-2-34-32(39)30(21-24-9-5-3-6-10-24)35(22-25-13-15-26(33)16-14-25)31(38)23-36(27-17-19-28(20-18-27)37(40)41)44(42,43)29-11-7-4-8-12-29/h3-20,30H,2,21-23H2,1H3,(H,34,39)/t30-/m0/s1. The van der Waals surface area contributed by atoms with Crippen molar-refractivity contribution in [3.05, 3.63) is 135 Å². The highest BCUT2D eigenvalue weighted by atomic mass is 79.9. The van der Waals surface area contributed by atoms with Gasteiger partial charge in [0.05, 0.1) is 15.5 Å². The molecule has 12 heteroatoms. The molecule has 0 aromatic heterocycles. The SMILES string of the molecule is CCNC(=O)[C@H](Cc1ccccc1)N(Cc1ccc(Br)cc1)C(=O)CN(c1ccc([N+](=O)[O-])cc1)S(=O)(=O)c1ccccc1. The van der Waals surface area contributed by atoms with Crippen LogP contribution in [0.3, 0.4) is 0 Å². The van der Waals surface area contributed by atoms with Gasteiger partial charge in [-0.2, -0.15) is 0 Å². The molecular weight excluding hydrogens is 648 g/mol. The molecule has 0 aliphatic carbocycles. The summed E-state index contributed by atoms with van der Waals surface area (Å²) in [4.78, 5) is 39.8. The lowest BCUT2D eigenvalue weighted by molar-refractivity contribution is -0.384. The summed E-state index contributed by atoms with van der Waals surface area (Å²) in [6, 6.07) is 28.1. The van der Waals surface area contributed by atoms with Gasteiger partial charge in [0.2, 0.25) is 11.8 Å². The molecule has 1 N–H and O–H groups in total. The van der Waals surface area contributed by atoms with Gasteiger partial charge in [-0.1, -0.05) is 76.6 Å². The fraction of sp³-hybridized carbons (Fsp3) is 0.188. The lowest BCUT2D eigenvalue weighted by Gasteiger charge is -2.33. The Balaban J connectivity index is 1.79. The number of benzene rings is 4. The maximum atomic E-state index is 14.3. The molecule has 228 valence electrons. The Morgan fingerprint density at radius 3 is 2.02 bits per heavy atom. The number of carbonyl (C=O) groups excluding carboxylic acids is 2. The van der Waals surface area contributed by atoms with E-state index in [1.165, 1.54) is 41.3 Å². The van der Waals surface area contributed by atoms with Crippen molar-refractivity contribution in [3.63, 3.8) is 0 Å². The highest BCUT2D eigenvalue weighted by molar-refractivity contribution is 9.10. The van der Waals surface area contributed by atoms with E-state index in [1.807, 2.05) is 54.6 Å². The molecule has 0 radical (unpaired) electrons. The second-order valence-corrected chi connectivity index (χ2v) is 12.6. The first-order valence-electron chi connectivity index (χ1n) is 13.8. The fourth-order valence-corrected chi connectivity index (χ4v) is 6.32. The zero-order valence-electron chi connectivity index (χ0n) is 23.9. The second kappa shape index (κ2) is 14.8. The molecule has 0 aliphatic rings. The largest absolute Gasteiger partial charge is 0.355 e. The van der Waals surface area contributed by atoms with Crippen LogP contribution in [0.1, 0.15) is 18.1 Å². The summed E-state index contributed by atoms with van der Waals surface area (Å²) in [5.74, 6) is -1.01.